The molecule has 0 fully saturated rings. The maximum Gasteiger partial charge on any atom is 0.101 e. The highest BCUT2D eigenvalue weighted by molar-refractivity contribution is 5.60. The van der Waals surface area contributed by atoms with Crippen molar-refractivity contribution in [3.63, 3.8) is 0 Å². The molecule has 2 unspecified atom stereocenters. The van der Waals surface area contributed by atoms with Crippen molar-refractivity contribution < 1.29 is 0 Å². The molecule has 2 N–H and O–H groups in total. The van der Waals surface area contributed by atoms with E-state index < -0.39 is 0 Å². The number of pyridine rings is 1. The fourth-order valence-corrected chi connectivity index (χ4v) is 2.56. The molecule has 1 heterocycles. The summed E-state index contributed by atoms with van der Waals surface area (Å²) in [6.45, 7) is 2.07. The second-order valence-electron chi connectivity index (χ2n) is 5.04. The molecule has 0 saturated heterocycles. The van der Waals surface area contributed by atoms with Crippen molar-refractivity contribution in [1.29, 1.82) is 5.26 Å². The van der Waals surface area contributed by atoms with Gasteiger partial charge in [0.05, 0.1) is 17.3 Å². The summed E-state index contributed by atoms with van der Waals surface area (Å²) < 4.78 is 0. The number of hydrogen-bond acceptors (Lipinski definition) is 4. The molecule has 21 heavy (non-hydrogen) atoms. The van der Waals surface area contributed by atoms with Crippen molar-refractivity contribution in [1.82, 2.24) is 4.98 Å². The first kappa shape index (κ1) is 15.0. The first-order valence-electron chi connectivity index (χ1n) is 7.06. The fourth-order valence-electron chi connectivity index (χ4n) is 2.56. The number of nitriles is 1. The van der Waals surface area contributed by atoms with Gasteiger partial charge < -0.3 is 10.6 Å². The monoisotopic (exact) mass is 280 g/mol. The maximum atomic E-state index is 9.30. The van der Waals surface area contributed by atoms with Gasteiger partial charge in [-0.2, -0.15) is 5.26 Å². The SMILES string of the molecule is CCC(N)C(c1cccnc1)N(C)c1ccccc1C#N. The predicted molar refractivity (Wildman–Crippen MR) is 84.8 cm³/mol. The lowest BCUT2D eigenvalue weighted by molar-refractivity contribution is 0.509. The quantitative estimate of drug-likeness (QED) is 0.914. The Hall–Kier alpha value is -2.38. The number of likely N-dealkylation sites (N-methyl/N-ethyl adjacent to an activating group) is 1. The molecule has 0 amide bonds. The van der Waals surface area contributed by atoms with Crippen LogP contribution in [-0.4, -0.2) is 18.1 Å². The molecule has 108 valence electrons. The topological polar surface area (TPSA) is 65.9 Å². The highest BCUT2D eigenvalue weighted by atomic mass is 15.2. The Balaban J connectivity index is 2.44. The van der Waals surface area contributed by atoms with Gasteiger partial charge in [-0.15, -0.1) is 0 Å². The van der Waals surface area contributed by atoms with Crippen molar-refractivity contribution in [3.8, 4) is 6.07 Å². The first-order valence-corrected chi connectivity index (χ1v) is 7.06. The molecule has 2 rings (SSSR count). The lowest BCUT2D eigenvalue weighted by atomic mass is 9.97. The Bertz CT molecular complexity index is 618. The van der Waals surface area contributed by atoms with Crippen LogP contribution in [0.5, 0.6) is 0 Å². The van der Waals surface area contributed by atoms with Gasteiger partial charge in [0.2, 0.25) is 0 Å². The molecule has 0 aliphatic rings. The summed E-state index contributed by atoms with van der Waals surface area (Å²) in [6.07, 6.45) is 4.44. The third-order valence-electron chi connectivity index (χ3n) is 3.72. The van der Waals surface area contributed by atoms with Gasteiger partial charge in [0, 0.05) is 25.5 Å². The largest absolute Gasteiger partial charge is 0.365 e. The normalized spacial score (nSPS) is 13.2. The van der Waals surface area contributed by atoms with Crippen molar-refractivity contribution >= 4 is 5.69 Å². The van der Waals surface area contributed by atoms with Gasteiger partial charge in [0.1, 0.15) is 6.07 Å². The third kappa shape index (κ3) is 3.21. The predicted octanol–water partition coefficient (Wildman–Crippen LogP) is 2.87. The van der Waals surface area contributed by atoms with E-state index in [-0.39, 0.29) is 12.1 Å². The van der Waals surface area contributed by atoms with Gasteiger partial charge >= 0.3 is 0 Å². The molecule has 4 nitrogen and oxygen atoms in total. The van der Waals surface area contributed by atoms with Gasteiger partial charge in [0.15, 0.2) is 0 Å². The average molecular weight is 280 g/mol. The van der Waals surface area contributed by atoms with Gasteiger partial charge in [-0.3, -0.25) is 4.98 Å². The van der Waals surface area contributed by atoms with E-state index in [1.807, 2.05) is 49.6 Å². The highest BCUT2D eigenvalue weighted by Crippen LogP contribution is 2.30. The lowest BCUT2D eigenvalue weighted by Crippen LogP contribution is -2.39. The number of rotatable bonds is 5. The van der Waals surface area contributed by atoms with Crippen LogP contribution < -0.4 is 10.6 Å². The zero-order chi connectivity index (χ0) is 15.2. The van der Waals surface area contributed by atoms with E-state index in [0.717, 1.165) is 17.7 Å². The second kappa shape index (κ2) is 6.87. The van der Waals surface area contributed by atoms with E-state index >= 15 is 0 Å². The Morgan fingerprint density at radius 2 is 2.05 bits per heavy atom. The summed E-state index contributed by atoms with van der Waals surface area (Å²) in [6, 6.07) is 13.7. The summed E-state index contributed by atoms with van der Waals surface area (Å²) in [5.41, 5.74) is 8.92. The first-order chi connectivity index (χ1) is 10.2. The molecule has 4 heteroatoms. The van der Waals surface area contributed by atoms with E-state index in [1.54, 1.807) is 6.20 Å². The number of para-hydroxylation sites is 1. The highest BCUT2D eigenvalue weighted by Gasteiger charge is 2.24. The summed E-state index contributed by atoms with van der Waals surface area (Å²) in [5.74, 6) is 0. The van der Waals surface area contributed by atoms with Crippen molar-refractivity contribution in [2.45, 2.75) is 25.4 Å². The van der Waals surface area contributed by atoms with Crippen LogP contribution in [0.4, 0.5) is 5.69 Å². The minimum absolute atomic E-state index is 0.0156. The molecule has 0 aliphatic heterocycles. The molecule has 2 atom stereocenters. The number of nitrogens with zero attached hydrogens (tertiary/aromatic N) is 3. The van der Waals surface area contributed by atoms with Crippen molar-refractivity contribution in [2.24, 2.45) is 5.73 Å². The number of nitrogens with two attached hydrogens (primary N) is 1. The van der Waals surface area contributed by atoms with Crippen LogP contribution in [0.1, 0.15) is 30.5 Å². The van der Waals surface area contributed by atoms with Gasteiger partial charge in [0.25, 0.3) is 0 Å². The molecule has 1 aromatic carbocycles. The molecule has 1 aromatic heterocycles. The van der Waals surface area contributed by atoms with Crippen LogP contribution >= 0.6 is 0 Å². The molecular weight excluding hydrogens is 260 g/mol. The van der Waals surface area contributed by atoms with Crippen LogP contribution in [0.25, 0.3) is 0 Å². The van der Waals surface area contributed by atoms with E-state index in [9.17, 15) is 5.26 Å². The van der Waals surface area contributed by atoms with Crippen LogP contribution in [0.3, 0.4) is 0 Å². The van der Waals surface area contributed by atoms with Crippen molar-refractivity contribution in [3.05, 3.63) is 59.9 Å². The minimum Gasteiger partial charge on any atom is -0.365 e. The summed E-state index contributed by atoms with van der Waals surface area (Å²) in [4.78, 5) is 6.27. The zero-order valence-electron chi connectivity index (χ0n) is 12.4. The van der Waals surface area contributed by atoms with Gasteiger partial charge in [-0.1, -0.05) is 25.1 Å². The molecule has 0 saturated carbocycles. The number of aromatic nitrogens is 1. The molecule has 0 bridgehead atoms. The van der Waals surface area contributed by atoms with E-state index in [0.29, 0.717) is 5.56 Å². The molecular formula is C17H20N4. The smallest absolute Gasteiger partial charge is 0.101 e. The molecule has 2 aromatic rings. The zero-order valence-corrected chi connectivity index (χ0v) is 12.4. The Kier molecular flexibility index (Phi) is 4.91. The summed E-state index contributed by atoms with van der Waals surface area (Å²) in [5, 5.41) is 9.30. The fraction of sp³-hybridized carbons (Fsp3) is 0.294. The van der Waals surface area contributed by atoms with Crippen LogP contribution in [0.2, 0.25) is 0 Å². The van der Waals surface area contributed by atoms with Crippen LogP contribution in [0, 0.1) is 11.3 Å². The van der Waals surface area contributed by atoms with Gasteiger partial charge in [-0.05, 0) is 30.2 Å². The lowest BCUT2D eigenvalue weighted by Gasteiger charge is -2.34. The standard InChI is InChI=1S/C17H20N4/c1-3-15(19)17(14-8-6-10-20-12-14)21(2)16-9-5-4-7-13(16)11-18/h4-10,12,15,17H,3,19H2,1-2H3. The molecule has 0 aliphatic carbocycles. The van der Waals surface area contributed by atoms with Crippen LogP contribution in [-0.2, 0) is 0 Å². The number of hydrogen-bond donors (Lipinski definition) is 1. The van der Waals surface area contributed by atoms with E-state index in [1.165, 1.54) is 0 Å². The van der Waals surface area contributed by atoms with Crippen LogP contribution in [0.15, 0.2) is 48.8 Å². The minimum atomic E-state index is -0.0362. The number of anilines is 1. The van der Waals surface area contributed by atoms with Gasteiger partial charge in [-0.25, -0.2) is 0 Å². The molecule has 0 spiro atoms. The van der Waals surface area contributed by atoms with E-state index in [4.69, 9.17) is 5.73 Å². The summed E-state index contributed by atoms with van der Waals surface area (Å²) in [7, 11) is 1.98. The van der Waals surface area contributed by atoms with E-state index in [2.05, 4.69) is 22.9 Å². The Morgan fingerprint density at radius 3 is 2.67 bits per heavy atom. The third-order valence-corrected chi connectivity index (χ3v) is 3.72. The maximum absolute atomic E-state index is 9.30. The Labute approximate surface area is 125 Å². The molecule has 0 radical (unpaired) electrons. The van der Waals surface area contributed by atoms with Crippen molar-refractivity contribution in [2.75, 3.05) is 11.9 Å². The second-order valence-corrected chi connectivity index (χ2v) is 5.04. The Morgan fingerprint density at radius 1 is 1.29 bits per heavy atom. The summed E-state index contributed by atoms with van der Waals surface area (Å²) >= 11 is 0. The number of benzene rings is 1. The average Bonchev–Trinajstić information content (AvgIpc) is 2.55.